The highest BCUT2D eigenvalue weighted by molar-refractivity contribution is 6.06. The van der Waals surface area contributed by atoms with Crippen LogP contribution in [0.1, 0.15) is 43.7 Å². The molecule has 4 aromatic carbocycles. The van der Waals surface area contributed by atoms with Crippen LogP contribution < -0.4 is 22.1 Å². The van der Waals surface area contributed by atoms with Crippen molar-refractivity contribution in [3.8, 4) is 0 Å². The third kappa shape index (κ3) is 7.91. The minimum absolute atomic E-state index is 0.00106. The number of rotatable bonds is 14. The van der Waals surface area contributed by atoms with Crippen LogP contribution in [0.3, 0.4) is 0 Å². The maximum atomic E-state index is 7.65. The molecule has 0 atom stereocenters. The van der Waals surface area contributed by atoms with E-state index in [9.17, 15) is 0 Å². The maximum Gasteiger partial charge on any atom is 0.164 e. The fourth-order valence-corrected chi connectivity index (χ4v) is 5.67. The average Bonchev–Trinajstić information content (AvgIpc) is 4.01. The van der Waals surface area contributed by atoms with Gasteiger partial charge in [0.15, 0.2) is 17.5 Å². The molecule has 12 heteroatoms. The lowest BCUT2D eigenvalue weighted by Crippen LogP contribution is -2.13. The van der Waals surface area contributed by atoms with Crippen molar-refractivity contribution in [2.75, 3.05) is 23.7 Å². The van der Waals surface area contributed by atoms with Crippen molar-refractivity contribution in [3.05, 3.63) is 114 Å². The Kier molecular flexibility index (Phi) is 10.1. The number of benzene rings is 4. The van der Waals surface area contributed by atoms with Crippen LogP contribution in [0.2, 0.25) is 0 Å². The fourth-order valence-electron chi connectivity index (χ4n) is 5.67. The second-order valence-electron chi connectivity index (χ2n) is 12.7. The fraction of sp³-hybridized carbons (Fsp3) is 0.200. The summed E-state index contributed by atoms with van der Waals surface area (Å²) in [5, 5.41) is 36.5. The van der Waals surface area contributed by atoms with Gasteiger partial charge in [-0.1, -0.05) is 61.9 Å². The van der Waals surface area contributed by atoms with Crippen LogP contribution in [0, 0.1) is 11.3 Å². The SMILES string of the molecule is CCCCNc1ncc2ccccc2c1/N=N/c1ccc(/C(N)=N/c2nc(NCC3CC3)c(/N=N/c3ccc(C(=N)N)cc3)c3ccccc23)cc1. The first-order valence-corrected chi connectivity index (χ1v) is 17.5. The molecule has 0 aliphatic heterocycles. The highest BCUT2D eigenvalue weighted by atomic mass is 15.2. The van der Waals surface area contributed by atoms with Crippen LogP contribution >= 0.6 is 0 Å². The van der Waals surface area contributed by atoms with Crippen LogP contribution in [0.15, 0.2) is 129 Å². The minimum atomic E-state index is 0.00106. The number of amidine groups is 2. The lowest BCUT2D eigenvalue weighted by atomic mass is 10.1. The summed E-state index contributed by atoms with van der Waals surface area (Å²) in [6.45, 7) is 3.75. The van der Waals surface area contributed by atoms with E-state index in [1.54, 1.807) is 24.3 Å². The van der Waals surface area contributed by atoms with Gasteiger partial charge >= 0.3 is 0 Å². The molecule has 0 amide bonds. The van der Waals surface area contributed by atoms with E-state index in [-0.39, 0.29) is 5.84 Å². The van der Waals surface area contributed by atoms with Crippen LogP contribution in [-0.2, 0) is 0 Å². The Morgan fingerprint density at radius 3 is 2.00 bits per heavy atom. The molecule has 1 aliphatic carbocycles. The van der Waals surface area contributed by atoms with Gasteiger partial charge in [0.05, 0.1) is 11.4 Å². The van der Waals surface area contributed by atoms with Gasteiger partial charge in [0.25, 0.3) is 0 Å². The number of hydrogen-bond acceptors (Lipinski definition) is 10. The molecule has 7 N–H and O–H groups in total. The van der Waals surface area contributed by atoms with Crippen molar-refractivity contribution in [2.24, 2.45) is 42.8 Å². The number of unbranched alkanes of at least 4 members (excludes halogenated alkanes) is 1. The molecular weight excluding hydrogens is 649 g/mol. The summed E-state index contributed by atoms with van der Waals surface area (Å²) in [6, 6.07) is 30.4. The number of nitrogens with two attached hydrogens (primary N) is 2. The molecule has 1 aliphatic rings. The van der Waals surface area contributed by atoms with E-state index in [0.717, 1.165) is 53.0 Å². The zero-order chi connectivity index (χ0) is 35.9. The quantitative estimate of drug-likeness (QED) is 0.0328. The maximum absolute atomic E-state index is 7.65. The monoisotopic (exact) mass is 688 g/mol. The van der Waals surface area contributed by atoms with E-state index in [4.69, 9.17) is 26.9 Å². The Bertz CT molecular complexity index is 2310. The van der Waals surface area contributed by atoms with E-state index < -0.39 is 0 Å². The van der Waals surface area contributed by atoms with E-state index in [1.807, 2.05) is 79.0 Å². The summed E-state index contributed by atoms with van der Waals surface area (Å²) in [4.78, 5) is 14.4. The number of anilines is 2. The first kappa shape index (κ1) is 33.9. The van der Waals surface area contributed by atoms with Gasteiger partial charge in [-0.2, -0.15) is 10.2 Å². The van der Waals surface area contributed by atoms with Crippen molar-refractivity contribution >= 4 is 73.4 Å². The Morgan fingerprint density at radius 2 is 1.35 bits per heavy atom. The number of hydrogen-bond donors (Lipinski definition) is 5. The van der Waals surface area contributed by atoms with Gasteiger partial charge in [-0.3, -0.25) is 5.41 Å². The number of nitrogen functional groups attached to an aromatic ring is 1. The van der Waals surface area contributed by atoms with Crippen LogP contribution in [0.5, 0.6) is 0 Å². The number of aliphatic imine (C=N–C) groups is 1. The number of nitrogens with one attached hydrogen (secondary N) is 3. The number of aromatic nitrogens is 2. The Balaban J connectivity index is 1.18. The predicted octanol–water partition coefficient (Wildman–Crippen LogP) is 9.97. The van der Waals surface area contributed by atoms with Gasteiger partial charge in [0.2, 0.25) is 0 Å². The summed E-state index contributed by atoms with van der Waals surface area (Å²) < 4.78 is 0. The summed E-state index contributed by atoms with van der Waals surface area (Å²) in [5.41, 5.74) is 16.2. The number of fused-ring (bicyclic) bond motifs is 2. The molecule has 0 spiro atoms. The third-order valence-corrected chi connectivity index (χ3v) is 8.81. The molecule has 0 saturated heterocycles. The number of nitrogens with zero attached hydrogens (tertiary/aromatic N) is 7. The summed E-state index contributed by atoms with van der Waals surface area (Å²) in [7, 11) is 0. The predicted molar refractivity (Wildman–Crippen MR) is 211 cm³/mol. The lowest BCUT2D eigenvalue weighted by molar-refractivity contribution is 0.831. The van der Waals surface area contributed by atoms with E-state index in [2.05, 4.69) is 43.0 Å². The molecule has 2 aromatic heterocycles. The molecule has 12 nitrogen and oxygen atoms in total. The Labute approximate surface area is 301 Å². The molecule has 260 valence electrons. The van der Waals surface area contributed by atoms with E-state index >= 15 is 0 Å². The first-order valence-electron chi connectivity index (χ1n) is 17.5. The van der Waals surface area contributed by atoms with Crippen molar-refractivity contribution in [2.45, 2.75) is 32.6 Å². The van der Waals surface area contributed by atoms with Crippen molar-refractivity contribution in [1.82, 2.24) is 9.97 Å². The topological polar surface area (TPSA) is 188 Å². The van der Waals surface area contributed by atoms with Crippen LogP contribution in [-0.4, -0.2) is 34.7 Å². The van der Waals surface area contributed by atoms with Crippen LogP contribution in [0.4, 0.5) is 40.2 Å². The molecule has 0 radical (unpaired) electrons. The Morgan fingerprint density at radius 1 is 0.731 bits per heavy atom. The van der Waals surface area contributed by atoms with E-state index in [1.165, 1.54) is 12.8 Å². The van der Waals surface area contributed by atoms with Gasteiger partial charge < -0.3 is 22.1 Å². The van der Waals surface area contributed by atoms with Crippen molar-refractivity contribution in [1.29, 1.82) is 5.41 Å². The standard InChI is InChI=1S/C40H40N12/c1-2-3-22-44-39-34(31-9-5-4-8-28(31)24-46-39)51-49-30-20-16-27(17-21-30)37(43)47-38-33-11-7-6-10-32(33)35(40(48-38)45-23-25-12-13-25)52-50-29-18-14-26(15-19-29)36(41)42/h4-11,14-21,24-25H,2-3,12-13,22-23H2,1H3,(H3,41,42)(H,44,46)(H3,43,45,47,48)/b51-49+,52-50+. The molecule has 52 heavy (non-hydrogen) atoms. The normalized spacial score (nSPS) is 13.4. The summed E-state index contributed by atoms with van der Waals surface area (Å²) >= 11 is 0. The number of pyridine rings is 2. The zero-order valence-electron chi connectivity index (χ0n) is 28.9. The average molecular weight is 689 g/mol. The zero-order valence-corrected chi connectivity index (χ0v) is 28.9. The Hall–Kier alpha value is -6.56. The highest BCUT2D eigenvalue weighted by Crippen LogP contribution is 2.40. The number of azo groups is 2. The first-order chi connectivity index (χ1) is 25.5. The summed E-state index contributed by atoms with van der Waals surface area (Å²) in [5.74, 6) is 2.70. The third-order valence-electron chi connectivity index (χ3n) is 8.81. The van der Waals surface area contributed by atoms with Gasteiger partial charge in [0.1, 0.15) is 23.0 Å². The van der Waals surface area contributed by atoms with Crippen LogP contribution in [0.25, 0.3) is 21.5 Å². The summed E-state index contributed by atoms with van der Waals surface area (Å²) in [6.07, 6.45) is 6.34. The largest absolute Gasteiger partial charge is 0.384 e. The molecule has 6 aromatic rings. The van der Waals surface area contributed by atoms with Gasteiger partial charge in [-0.25, -0.2) is 15.0 Å². The molecule has 1 saturated carbocycles. The molecule has 1 fully saturated rings. The smallest absolute Gasteiger partial charge is 0.164 e. The highest BCUT2D eigenvalue weighted by Gasteiger charge is 2.22. The molecule has 0 bridgehead atoms. The minimum Gasteiger partial charge on any atom is -0.384 e. The molecule has 7 rings (SSSR count). The van der Waals surface area contributed by atoms with E-state index in [0.29, 0.717) is 57.5 Å². The second-order valence-corrected chi connectivity index (χ2v) is 12.7. The lowest BCUT2D eigenvalue weighted by Gasteiger charge is -2.13. The van der Waals surface area contributed by atoms with Gasteiger partial charge in [-0.15, -0.1) is 10.2 Å². The van der Waals surface area contributed by atoms with Crippen molar-refractivity contribution < 1.29 is 0 Å². The molecular formula is C40H40N12. The van der Waals surface area contributed by atoms with Gasteiger partial charge in [0, 0.05) is 52.0 Å². The molecule has 0 unspecified atom stereocenters. The van der Waals surface area contributed by atoms with Gasteiger partial charge in [-0.05, 0) is 73.7 Å². The van der Waals surface area contributed by atoms with Crippen molar-refractivity contribution in [3.63, 3.8) is 0 Å². The second kappa shape index (κ2) is 15.5. The molecule has 2 heterocycles.